The van der Waals surface area contributed by atoms with Gasteiger partial charge in [-0.25, -0.2) is 4.79 Å². The number of carbonyl (C=O) groups is 2. The summed E-state index contributed by atoms with van der Waals surface area (Å²) in [5, 5.41) is 10.8. The van der Waals surface area contributed by atoms with Crippen molar-refractivity contribution in [1.82, 2.24) is 5.32 Å². The van der Waals surface area contributed by atoms with E-state index in [4.69, 9.17) is 10.8 Å². The Morgan fingerprint density at radius 3 is 2.67 bits per heavy atom. The Kier molecular flexibility index (Phi) is 6.00. The molecule has 1 atom stereocenters. The van der Waals surface area contributed by atoms with Crippen molar-refractivity contribution in [2.75, 3.05) is 6.54 Å². The molecule has 0 heterocycles. The van der Waals surface area contributed by atoms with Crippen molar-refractivity contribution in [3.8, 4) is 0 Å². The summed E-state index contributed by atoms with van der Waals surface area (Å²) in [6, 6.07) is -0.769. The number of carboxylic acid groups (broad SMARTS) is 1. The number of hydrogen-bond donors (Lipinski definition) is 3. The fourth-order valence-corrected chi connectivity index (χ4v) is 0.853. The molecule has 1 amide bonds. The lowest BCUT2D eigenvalue weighted by Gasteiger charge is -2.09. The third-order valence-electron chi connectivity index (χ3n) is 1.51. The van der Waals surface area contributed by atoms with Crippen molar-refractivity contribution in [3.05, 3.63) is 0 Å². The molecule has 0 aliphatic carbocycles. The first-order valence-corrected chi connectivity index (χ1v) is 3.85. The Hall–Kier alpha value is -1.10. The Labute approximate surface area is 70.9 Å². The predicted molar refractivity (Wildman–Crippen MR) is 43.5 cm³/mol. The van der Waals surface area contributed by atoms with Gasteiger partial charge in [0, 0.05) is 0 Å². The van der Waals surface area contributed by atoms with E-state index in [0.717, 1.165) is 6.42 Å². The summed E-state index contributed by atoms with van der Waals surface area (Å²) >= 11 is 0. The molecular formula is C7H14N2O3. The number of hydrogen-bond acceptors (Lipinski definition) is 3. The molecule has 70 valence electrons. The van der Waals surface area contributed by atoms with Crippen LogP contribution in [-0.2, 0) is 9.59 Å². The topological polar surface area (TPSA) is 92.4 Å². The molecule has 0 aromatic rings. The second-order valence-electron chi connectivity index (χ2n) is 2.46. The summed E-state index contributed by atoms with van der Waals surface area (Å²) in [5.74, 6) is -1.00. The minimum atomic E-state index is -1.00. The zero-order valence-electron chi connectivity index (χ0n) is 6.82. The number of aliphatic carboxylic acids is 1. The molecule has 0 bridgehead atoms. The Bertz CT molecular complexity index is 150. The number of carboxylic acids is 1. The van der Waals surface area contributed by atoms with Crippen LogP contribution in [0.3, 0.4) is 0 Å². The van der Waals surface area contributed by atoms with Gasteiger partial charge in [0.2, 0.25) is 6.41 Å². The fourth-order valence-electron chi connectivity index (χ4n) is 0.853. The van der Waals surface area contributed by atoms with Crippen molar-refractivity contribution >= 4 is 12.4 Å². The summed E-state index contributed by atoms with van der Waals surface area (Å²) in [7, 11) is 0. The van der Waals surface area contributed by atoms with Crippen molar-refractivity contribution in [2.24, 2.45) is 5.73 Å². The molecule has 0 aliphatic heterocycles. The summed E-state index contributed by atoms with van der Waals surface area (Å²) in [6.45, 7) is 0.549. The maximum atomic E-state index is 10.4. The lowest BCUT2D eigenvalue weighted by Crippen LogP contribution is -2.35. The van der Waals surface area contributed by atoms with Crippen LogP contribution in [0.2, 0.25) is 0 Å². The summed E-state index contributed by atoms with van der Waals surface area (Å²) in [5.41, 5.74) is 5.23. The van der Waals surface area contributed by atoms with E-state index < -0.39 is 12.0 Å². The Balaban J connectivity index is 3.63. The van der Waals surface area contributed by atoms with Gasteiger partial charge < -0.3 is 16.2 Å². The van der Waals surface area contributed by atoms with E-state index in [0.29, 0.717) is 25.8 Å². The van der Waals surface area contributed by atoms with E-state index in [-0.39, 0.29) is 0 Å². The molecule has 5 nitrogen and oxygen atoms in total. The SMILES string of the molecule is NCCCCC(NC=O)C(=O)O. The lowest BCUT2D eigenvalue weighted by atomic mass is 10.1. The van der Waals surface area contributed by atoms with E-state index in [9.17, 15) is 9.59 Å². The van der Waals surface area contributed by atoms with Gasteiger partial charge in [0.25, 0.3) is 0 Å². The van der Waals surface area contributed by atoms with Crippen LogP contribution in [0, 0.1) is 0 Å². The summed E-state index contributed by atoms with van der Waals surface area (Å²) in [6.07, 6.45) is 2.34. The number of unbranched alkanes of at least 4 members (excludes halogenated alkanes) is 1. The van der Waals surface area contributed by atoms with Gasteiger partial charge in [-0.3, -0.25) is 4.79 Å². The van der Waals surface area contributed by atoms with Gasteiger partial charge in [-0.15, -0.1) is 0 Å². The number of carbonyl (C=O) groups excluding carboxylic acids is 1. The first-order valence-electron chi connectivity index (χ1n) is 3.85. The maximum Gasteiger partial charge on any atom is 0.326 e. The second kappa shape index (κ2) is 6.60. The van der Waals surface area contributed by atoms with Gasteiger partial charge in [-0.05, 0) is 25.8 Å². The monoisotopic (exact) mass is 174 g/mol. The van der Waals surface area contributed by atoms with Gasteiger partial charge in [0.05, 0.1) is 0 Å². The first-order chi connectivity index (χ1) is 5.72. The highest BCUT2D eigenvalue weighted by Crippen LogP contribution is 1.99. The van der Waals surface area contributed by atoms with Crippen molar-refractivity contribution in [1.29, 1.82) is 0 Å². The fraction of sp³-hybridized carbons (Fsp3) is 0.714. The highest BCUT2D eigenvalue weighted by molar-refractivity contribution is 5.76. The molecule has 0 aromatic heterocycles. The standard InChI is InChI=1S/C7H14N2O3/c8-4-2-1-3-6(7(11)12)9-5-10/h5-6H,1-4,8H2,(H,9,10)(H,11,12). The van der Waals surface area contributed by atoms with Crippen molar-refractivity contribution in [2.45, 2.75) is 25.3 Å². The van der Waals surface area contributed by atoms with E-state index in [1.807, 2.05) is 0 Å². The summed E-state index contributed by atoms with van der Waals surface area (Å²) < 4.78 is 0. The highest BCUT2D eigenvalue weighted by atomic mass is 16.4. The van der Waals surface area contributed by atoms with Crippen molar-refractivity contribution in [3.63, 3.8) is 0 Å². The predicted octanol–water partition coefficient (Wildman–Crippen LogP) is -0.685. The van der Waals surface area contributed by atoms with Gasteiger partial charge in [-0.1, -0.05) is 0 Å². The van der Waals surface area contributed by atoms with E-state index in [1.54, 1.807) is 0 Å². The molecule has 0 aromatic carbocycles. The minimum absolute atomic E-state index is 0.404. The van der Waals surface area contributed by atoms with Crippen LogP contribution in [0.25, 0.3) is 0 Å². The average Bonchev–Trinajstić information content (AvgIpc) is 2.03. The van der Waals surface area contributed by atoms with Gasteiger partial charge >= 0.3 is 5.97 Å². The summed E-state index contributed by atoms with van der Waals surface area (Å²) in [4.78, 5) is 20.4. The second-order valence-corrected chi connectivity index (χ2v) is 2.46. The van der Waals surface area contributed by atoms with Gasteiger partial charge in [-0.2, -0.15) is 0 Å². The number of nitrogens with two attached hydrogens (primary N) is 1. The average molecular weight is 174 g/mol. The number of amides is 1. The number of rotatable bonds is 7. The van der Waals surface area contributed by atoms with Crippen LogP contribution in [0.15, 0.2) is 0 Å². The molecule has 0 saturated heterocycles. The normalized spacial score (nSPS) is 12.1. The van der Waals surface area contributed by atoms with Gasteiger partial charge in [0.15, 0.2) is 0 Å². The molecule has 0 saturated carbocycles. The zero-order valence-corrected chi connectivity index (χ0v) is 6.82. The maximum absolute atomic E-state index is 10.4. The minimum Gasteiger partial charge on any atom is -0.480 e. The van der Waals surface area contributed by atoms with Crippen LogP contribution >= 0.6 is 0 Å². The van der Waals surface area contributed by atoms with Crippen LogP contribution < -0.4 is 11.1 Å². The lowest BCUT2D eigenvalue weighted by molar-refractivity contribution is -0.140. The Morgan fingerprint density at radius 2 is 2.25 bits per heavy atom. The molecule has 0 aliphatic rings. The van der Waals surface area contributed by atoms with E-state index >= 15 is 0 Å². The first kappa shape index (κ1) is 10.9. The molecule has 1 unspecified atom stereocenters. The smallest absolute Gasteiger partial charge is 0.326 e. The van der Waals surface area contributed by atoms with Crippen LogP contribution in [-0.4, -0.2) is 30.1 Å². The van der Waals surface area contributed by atoms with Gasteiger partial charge in [0.1, 0.15) is 6.04 Å². The third-order valence-corrected chi connectivity index (χ3v) is 1.51. The highest BCUT2D eigenvalue weighted by Gasteiger charge is 2.14. The Morgan fingerprint density at radius 1 is 1.58 bits per heavy atom. The van der Waals surface area contributed by atoms with Crippen LogP contribution in [0.5, 0.6) is 0 Å². The third kappa shape index (κ3) is 4.68. The van der Waals surface area contributed by atoms with E-state index in [1.165, 1.54) is 0 Å². The van der Waals surface area contributed by atoms with Crippen LogP contribution in [0.4, 0.5) is 0 Å². The van der Waals surface area contributed by atoms with E-state index in [2.05, 4.69) is 5.32 Å². The molecule has 0 radical (unpaired) electrons. The molecule has 0 rings (SSSR count). The molecular weight excluding hydrogens is 160 g/mol. The zero-order chi connectivity index (χ0) is 9.40. The largest absolute Gasteiger partial charge is 0.480 e. The van der Waals surface area contributed by atoms with Crippen molar-refractivity contribution < 1.29 is 14.7 Å². The molecule has 4 N–H and O–H groups in total. The quantitative estimate of drug-likeness (QED) is 0.352. The van der Waals surface area contributed by atoms with Crippen LogP contribution in [0.1, 0.15) is 19.3 Å². The molecule has 12 heavy (non-hydrogen) atoms. The molecule has 5 heteroatoms. The number of nitrogens with one attached hydrogen (secondary N) is 1. The molecule has 0 spiro atoms. The molecule has 0 fully saturated rings.